The summed E-state index contributed by atoms with van der Waals surface area (Å²) in [5.41, 5.74) is 3.49. The Hall–Kier alpha value is -4.09. The van der Waals surface area contributed by atoms with Gasteiger partial charge in [-0.25, -0.2) is 9.59 Å². The van der Waals surface area contributed by atoms with Crippen molar-refractivity contribution in [3.63, 3.8) is 0 Å². The summed E-state index contributed by atoms with van der Waals surface area (Å²) in [4.78, 5) is 46.9. The average Bonchev–Trinajstić information content (AvgIpc) is 3.13. The van der Waals surface area contributed by atoms with Crippen molar-refractivity contribution in [2.24, 2.45) is 0 Å². The summed E-state index contributed by atoms with van der Waals surface area (Å²) >= 11 is 0. The van der Waals surface area contributed by atoms with Crippen molar-refractivity contribution >= 4 is 23.9 Å². The number of methoxy groups -OCH3 is 1. The van der Waals surface area contributed by atoms with Crippen LogP contribution in [0.2, 0.25) is 0 Å². The number of alkyl carbamates (subject to hydrolysis) is 1. The number of carboxylic acid groups (broad SMARTS) is 1. The zero-order chi connectivity index (χ0) is 25.8. The molecule has 0 bridgehead atoms. The number of fused-ring (bicyclic) bond motifs is 3. The van der Waals surface area contributed by atoms with Gasteiger partial charge in [-0.05, 0) is 22.3 Å². The number of rotatable bonds is 8. The van der Waals surface area contributed by atoms with Gasteiger partial charge in [0.25, 0.3) is 5.91 Å². The first kappa shape index (κ1) is 25.5. The molecule has 0 heterocycles. The van der Waals surface area contributed by atoms with E-state index in [-0.39, 0.29) is 6.61 Å². The number of nitrogens with one attached hydrogen (secondary N) is 2. The van der Waals surface area contributed by atoms with Crippen molar-refractivity contribution in [3.8, 4) is 11.1 Å². The second kappa shape index (κ2) is 10.5. The van der Waals surface area contributed by atoms with Crippen LogP contribution in [-0.4, -0.2) is 61.0 Å². The second-order valence-electron chi connectivity index (χ2n) is 7.62. The van der Waals surface area contributed by atoms with Gasteiger partial charge in [0.05, 0.1) is 13.5 Å². The lowest BCUT2D eigenvalue weighted by Gasteiger charge is -2.23. The fraction of sp³-hybridized carbons (Fsp3) is 0.304. The van der Waals surface area contributed by atoms with E-state index in [9.17, 15) is 32.3 Å². The van der Waals surface area contributed by atoms with Crippen LogP contribution in [0.15, 0.2) is 48.5 Å². The van der Waals surface area contributed by atoms with Crippen LogP contribution in [0.5, 0.6) is 0 Å². The first-order valence-corrected chi connectivity index (χ1v) is 10.3. The van der Waals surface area contributed by atoms with E-state index in [1.807, 2.05) is 36.4 Å². The molecule has 1 unspecified atom stereocenters. The van der Waals surface area contributed by atoms with Crippen LogP contribution in [0.1, 0.15) is 23.5 Å². The molecule has 2 aromatic carbocycles. The zero-order valence-corrected chi connectivity index (χ0v) is 18.3. The Morgan fingerprint density at radius 1 is 0.971 bits per heavy atom. The lowest BCUT2D eigenvalue weighted by molar-refractivity contribution is -0.169. The summed E-state index contributed by atoms with van der Waals surface area (Å²) in [6.07, 6.45) is -7.71. The molecule has 3 rings (SSSR count). The van der Waals surface area contributed by atoms with Crippen LogP contribution in [0.3, 0.4) is 0 Å². The quantitative estimate of drug-likeness (QED) is 0.481. The maximum atomic E-state index is 13.5. The Bertz CT molecular complexity index is 1090. The lowest BCUT2D eigenvalue weighted by atomic mass is 9.98. The van der Waals surface area contributed by atoms with Gasteiger partial charge in [-0.1, -0.05) is 48.5 Å². The summed E-state index contributed by atoms with van der Waals surface area (Å²) in [7, 11) is 0.945. The van der Waals surface area contributed by atoms with Crippen molar-refractivity contribution in [1.82, 2.24) is 10.6 Å². The zero-order valence-electron chi connectivity index (χ0n) is 18.3. The van der Waals surface area contributed by atoms with Gasteiger partial charge in [-0.15, -0.1) is 0 Å². The third-order valence-corrected chi connectivity index (χ3v) is 5.41. The van der Waals surface area contributed by atoms with Gasteiger partial charge in [0.1, 0.15) is 12.6 Å². The minimum absolute atomic E-state index is 0.299. The lowest BCUT2D eigenvalue weighted by Crippen LogP contribution is -2.58. The van der Waals surface area contributed by atoms with Crippen LogP contribution in [0.25, 0.3) is 11.1 Å². The van der Waals surface area contributed by atoms with Crippen molar-refractivity contribution in [2.45, 2.75) is 30.6 Å². The number of halogens is 3. The third kappa shape index (κ3) is 5.89. The highest BCUT2D eigenvalue weighted by atomic mass is 19.4. The monoisotopic (exact) mass is 494 g/mol. The number of benzene rings is 2. The van der Waals surface area contributed by atoms with Crippen LogP contribution < -0.4 is 10.6 Å². The molecule has 1 aliphatic rings. The number of esters is 1. The van der Waals surface area contributed by atoms with E-state index in [0.717, 1.165) is 29.4 Å². The molecule has 9 nitrogen and oxygen atoms in total. The Balaban J connectivity index is 1.69. The summed E-state index contributed by atoms with van der Waals surface area (Å²) in [6.45, 7) is -0.299. The molecule has 2 amide bonds. The van der Waals surface area contributed by atoms with Gasteiger partial charge < -0.3 is 25.2 Å². The van der Waals surface area contributed by atoms with Gasteiger partial charge in [-0.2, -0.15) is 13.2 Å². The minimum atomic E-state index is -5.27. The molecule has 35 heavy (non-hydrogen) atoms. The van der Waals surface area contributed by atoms with Gasteiger partial charge in [-0.3, -0.25) is 9.59 Å². The van der Waals surface area contributed by atoms with E-state index < -0.39 is 54.5 Å². The molecule has 0 aromatic heterocycles. The predicted molar refractivity (Wildman–Crippen MR) is 114 cm³/mol. The Morgan fingerprint density at radius 3 is 2.00 bits per heavy atom. The molecule has 12 heteroatoms. The van der Waals surface area contributed by atoms with E-state index in [4.69, 9.17) is 9.84 Å². The third-order valence-electron chi connectivity index (χ3n) is 5.41. The van der Waals surface area contributed by atoms with Gasteiger partial charge in [0.15, 0.2) is 0 Å². The Labute approximate surface area is 197 Å². The maximum Gasteiger partial charge on any atom is 0.417 e. The van der Waals surface area contributed by atoms with E-state index in [1.165, 1.54) is 5.32 Å². The molecule has 2 atom stereocenters. The molecular weight excluding hydrogens is 473 g/mol. The standard InChI is InChI=1S/C23H21F3N2O7/c1-34-18(29)10-17(21(31)32)27-20(30)19(23(24,25)26)28-22(33)35-11-16-14-8-4-2-6-12(14)13-7-3-5-9-15(13)16/h2-9,16-17,19H,10-11H2,1H3,(H,27,30)(H,28,33)(H,31,32)/t17-,19?/m1/s1. The maximum absolute atomic E-state index is 13.5. The SMILES string of the molecule is COC(=O)C[C@@H](NC(=O)C(NC(=O)OCC1c2ccccc2-c2ccccc21)C(F)(F)F)C(=O)O. The van der Waals surface area contributed by atoms with Gasteiger partial charge >= 0.3 is 24.2 Å². The Kier molecular flexibility index (Phi) is 7.62. The van der Waals surface area contributed by atoms with E-state index >= 15 is 0 Å². The van der Waals surface area contributed by atoms with Crippen LogP contribution in [0.4, 0.5) is 18.0 Å². The van der Waals surface area contributed by atoms with Crippen LogP contribution in [0, 0.1) is 0 Å². The molecule has 2 aromatic rings. The van der Waals surface area contributed by atoms with E-state index in [1.54, 1.807) is 17.4 Å². The smallest absolute Gasteiger partial charge is 0.417 e. The number of hydrogen-bond donors (Lipinski definition) is 3. The van der Waals surface area contributed by atoms with Crippen molar-refractivity contribution in [1.29, 1.82) is 0 Å². The number of carbonyl (C=O) groups is 4. The fourth-order valence-electron chi connectivity index (χ4n) is 3.76. The number of hydrogen-bond acceptors (Lipinski definition) is 6. The number of carboxylic acids is 1. The van der Waals surface area contributed by atoms with Crippen LogP contribution in [-0.2, 0) is 23.9 Å². The average molecular weight is 494 g/mol. The largest absolute Gasteiger partial charge is 0.480 e. The highest BCUT2D eigenvalue weighted by molar-refractivity contribution is 5.91. The number of alkyl halides is 3. The molecule has 0 fully saturated rings. The number of aliphatic carboxylic acids is 1. The summed E-state index contributed by atoms with van der Waals surface area (Å²) in [5, 5.41) is 12.1. The molecule has 3 N–H and O–H groups in total. The number of carbonyl (C=O) groups excluding carboxylic acids is 3. The minimum Gasteiger partial charge on any atom is -0.480 e. The molecular formula is C23H21F3N2O7. The normalized spacial score (nSPS) is 14.2. The highest BCUT2D eigenvalue weighted by Crippen LogP contribution is 2.44. The highest BCUT2D eigenvalue weighted by Gasteiger charge is 2.47. The van der Waals surface area contributed by atoms with Gasteiger partial charge in [0.2, 0.25) is 6.04 Å². The molecule has 0 aliphatic heterocycles. The molecule has 0 saturated carbocycles. The topological polar surface area (TPSA) is 131 Å². The van der Waals surface area contributed by atoms with Crippen molar-refractivity contribution in [3.05, 3.63) is 59.7 Å². The number of amides is 2. The predicted octanol–water partition coefficient (Wildman–Crippen LogP) is 2.59. The van der Waals surface area contributed by atoms with Crippen molar-refractivity contribution < 1.29 is 46.9 Å². The summed E-state index contributed by atoms with van der Waals surface area (Å²) in [6, 6.07) is 9.54. The van der Waals surface area contributed by atoms with Gasteiger partial charge in [0, 0.05) is 5.92 Å². The molecule has 0 spiro atoms. The summed E-state index contributed by atoms with van der Waals surface area (Å²) in [5.74, 6) is -5.12. The van der Waals surface area contributed by atoms with Crippen LogP contribution >= 0.6 is 0 Å². The van der Waals surface area contributed by atoms with E-state index in [2.05, 4.69) is 4.74 Å². The fourth-order valence-corrected chi connectivity index (χ4v) is 3.76. The summed E-state index contributed by atoms with van der Waals surface area (Å²) < 4.78 is 49.7. The molecule has 1 aliphatic carbocycles. The molecule has 0 saturated heterocycles. The first-order valence-electron chi connectivity index (χ1n) is 10.3. The molecule has 186 valence electrons. The molecule has 0 radical (unpaired) electrons. The Morgan fingerprint density at radius 2 is 1.51 bits per heavy atom. The van der Waals surface area contributed by atoms with Crippen molar-refractivity contribution in [2.75, 3.05) is 13.7 Å². The second-order valence-corrected chi connectivity index (χ2v) is 7.62. The number of ether oxygens (including phenoxy) is 2. The first-order chi connectivity index (χ1) is 16.5. The van der Waals surface area contributed by atoms with E-state index in [0.29, 0.717) is 0 Å².